The Morgan fingerprint density at radius 3 is 2.70 bits per heavy atom. The summed E-state index contributed by atoms with van der Waals surface area (Å²) in [4.78, 5) is 12.6. The molecule has 0 aliphatic carbocycles. The molecule has 0 saturated carbocycles. The number of sulfonamides is 1. The number of benzene rings is 1. The molecule has 2 aliphatic heterocycles. The van der Waals surface area contributed by atoms with Crippen LogP contribution in [-0.4, -0.2) is 48.7 Å². The number of hydrogen-bond donors (Lipinski definition) is 2. The molecule has 4 heterocycles. The third-order valence-corrected chi connectivity index (χ3v) is 7.64. The Kier molecular flexibility index (Phi) is 5.59. The van der Waals surface area contributed by atoms with E-state index in [9.17, 15) is 13.2 Å². The number of carbonyl (C=O) groups is 1. The van der Waals surface area contributed by atoms with E-state index in [0.717, 1.165) is 11.3 Å². The minimum absolute atomic E-state index is 0.0844. The Morgan fingerprint density at radius 2 is 1.94 bits per heavy atom. The van der Waals surface area contributed by atoms with Crippen LogP contribution in [0.3, 0.4) is 0 Å². The number of ether oxygens (including phenoxy) is 2. The molecule has 0 radical (unpaired) electrons. The van der Waals surface area contributed by atoms with Gasteiger partial charge in [-0.1, -0.05) is 6.07 Å². The fourth-order valence-electron chi connectivity index (χ4n) is 4.01. The molecule has 1 amide bonds. The average Bonchev–Trinajstić information content (AvgIpc) is 3.57. The number of aryl methyl sites for hydroxylation is 1. The fourth-order valence-corrected chi connectivity index (χ4v) is 5.39. The van der Waals surface area contributed by atoms with Crippen molar-refractivity contribution >= 4 is 15.9 Å². The second-order valence-corrected chi connectivity index (χ2v) is 10.0. The summed E-state index contributed by atoms with van der Waals surface area (Å²) >= 11 is 0. The van der Waals surface area contributed by atoms with Crippen molar-refractivity contribution in [1.82, 2.24) is 19.8 Å². The number of furan rings is 1. The first-order valence-electron chi connectivity index (χ1n) is 10.7. The Morgan fingerprint density at radius 1 is 1.15 bits per heavy atom. The molecule has 1 aromatic carbocycles. The Bertz CT molecular complexity index is 1270. The Hall–Kier alpha value is -3.31. The molecule has 1 fully saturated rings. The lowest BCUT2D eigenvalue weighted by Gasteiger charge is -2.29. The van der Waals surface area contributed by atoms with E-state index in [-0.39, 0.29) is 36.8 Å². The van der Waals surface area contributed by atoms with E-state index in [1.165, 1.54) is 10.4 Å². The smallest absolute Gasteiger partial charge is 0.276 e. The van der Waals surface area contributed by atoms with E-state index >= 15 is 0 Å². The van der Waals surface area contributed by atoms with Gasteiger partial charge in [0.25, 0.3) is 10.0 Å². The number of aromatic nitrogens is 2. The lowest BCUT2D eigenvalue weighted by atomic mass is 9.97. The molecular formula is C22H24N4O6S. The standard InChI is InChI=1S/C22H24N4O6S/c1-14-10-17(25-24-14)18-4-5-21(32-18)33(28,29)26-8-6-16(7-9-26)22(27)23-12-15-2-3-19-20(11-15)31-13-30-19/h2-5,10-11,16H,6-9,12-13H2,1H3,(H,23,27)(H,24,25). The highest BCUT2D eigenvalue weighted by Gasteiger charge is 2.34. The van der Waals surface area contributed by atoms with Gasteiger partial charge >= 0.3 is 0 Å². The van der Waals surface area contributed by atoms with Crippen molar-refractivity contribution in [1.29, 1.82) is 0 Å². The van der Waals surface area contributed by atoms with E-state index in [1.807, 2.05) is 25.1 Å². The van der Waals surface area contributed by atoms with Crippen LogP contribution in [0.15, 0.2) is 45.9 Å². The van der Waals surface area contributed by atoms with Crippen molar-refractivity contribution in [2.45, 2.75) is 31.4 Å². The van der Waals surface area contributed by atoms with Crippen molar-refractivity contribution < 1.29 is 27.1 Å². The maximum Gasteiger partial charge on any atom is 0.276 e. The molecule has 0 unspecified atom stereocenters. The first-order valence-corrected chi connectivity index (χ1v) is 12.1. The largest absolute Gasteiger partial charge is 0.454 e. The highest BCUT2D eigenvalue weighted by Crippen LogP contribution is 2.32. The molecular weight excluding hydrogens is 448 g/mol. The van der Waals surface area contributed by atoms with Crippen molar-refractivity contribution in [2.75, 3.05) is 19.9 Å². The molecule has 0 bridgehead atoms. The van der Waals surface area contributed by atoms with Crippen LogP contribution in [-0.2, 0) is 21.4 Å². The summed E-state index contributed by atoms with van der Waals surface area (Å²) in [5.41, 5.74) is 2.31. The van der Waals surface area contributed by atoms with Crippen LogP contribution in [0, 0.1) is 12.8 Å². The summed E-state index contributed by atoms with van der Waals surface area (Å²) in [7, 11) is -3.78. The van der Waals surface area contributed by atoms with Gasteiger partial charge in [0.2, 0.25) is 17.8 Å². The van der Waals surface area contributed by atoms with Crippen LogP contribution in [0.4, 0.5) is 0 Å². The van der Waals surface area contributed by atoms with Gasteiger partial charge in [-0.2, -0.15) is 9.40 Å². The number of nitrogens with one attached hydrogen (secondary N) is 2. The van der Waals surface area contributed by atoms with E-state index in [0.29, 0.717) is 42.3 Å². The van der Waals surface area contributed by atoms with Gasteiger partial charge in [0.1, 0.15) is 5.69 Å². The van der Waals surface area contributed by atoms with Gasteiger partial charge < -0.3 is 19.2 Å². The predicted molar refractivity (Wildman–Crippen MR) is 117 cm³/mol. The SMILES string of the molecule is Cc1cc(-c2ccc(S(=O)(=O)N3CCC(C(=O)NCc4ccc5c(c4)OCO5)CC3)o2)n[nH]1. The van der Waals surface area contributed by atoms with Crippen molar-refractivity contribution in [3.63, 3.8) is 0 Å². The Balaban J connectivity index is 1.16. The number of piperidine rings is 1. The normalized spacial score (nSPS) is 16.8. The Labute approximate surface area is 190 Å². The van der Waals surface area contributed by atoms with Crippen LogP contribution in [0.5, 0.6) is 11.5 Å². The lowest BCUT2D eigenvalue weighted by molar-refractivity contribution is -0.126. The van der Waals surface area contributed by atoms with Crippen LogP contribution in [0.25, 0.3) is 11.5 Å². The molecule has 2 aromatic heterocycles. The molecule has 0 spiro atoms. The first-order chi connectivity index (χ1) is 15.9. The van der Waals surface area contributed by atoms with E-state index in [1.54, 1.807) is 12.1 Å². The van der Waals surface area contributed by atoms with Gasteiger partial charge in [-0.05, 0) is 55.7 Å². The summed E-state index contributed by atoms with van der Waals surface area (Å²) in [6, 6.07) is 10.4. The minimum Gasteiger partial charge on any atom is -0.454 e. The third-order valence-electron chi connectivity index (χ3n) is 5.86. The number of hydrogen-bond acceptors (Lipinski definition) is 7. The first kappa shape index (κ1) is 21.5. The van der Waals surface area contributed by atoms with Crippen LogP contribution < -0.4 is 14.8 Å². The highest BCUT2D eigenvalue weighted by molar-refractivity contribution is 7.89. The zero-order chi connectivity index (χ0) is 23.0. The van der Waals surface area contributed by atoms with Crippen LogP contribution >= 0.6 is 0 Å². The summed E-state index contributed by atoms with van der Waals surface area (Å²) in [6.07, 6.45) is 0.886. The highest BCUT2D eigenvalue weighted by atomic mass is 32.2. The predicted octanol–water partition coefficient (Wildman–Crippen LogP) is 2.42. The molecule has 0 atom stereocenters. The summed E-state index contributed by atoms with van der Waals surface area (Å²) in [5.74, 6) is 1.42. The van der Waals surface area contributed by atoms with E-state index < -0.39 is 10.0 Å². The van der Waals surface area contributed by atoms with Gasteiger partial charge in [0, 0.05) is 31.2 Å². The lowest BCUT2D eigenvalue weighted by Crippen LogP contribution is -2.42. The number of nitrogens with zero attached hydrogens (tertiary/aromatic N) is 2. The molecule has 10 nitrogen and oxygen atoms in total. The molecule has 174 valence electrons. The zero-order valence-electron chi connectivity index (χ0n) is 18.0. The molecule has 33 heavy (non-hydrogen) atoms. The summed E-state index contributed by atoms with van der Waals surface area (Å²) in [5, 5.41) is 9.72. The van der Waals surface area contributed by atoms with Crippen LogP contribution in [0.1, 0.15) is 24.1 Å². The van der Waals surface area contributed by atoms with Gasteiger partial charge in [-0.15, -0.1) is 0 Å². The van der Waals surface area contributed by atoms with E-state index in [4.69, 9.17) is 13.9 Å². The van der Waals surface area contributed by atoms with Crippen molar-refractivity contribution in [2.24, 2.45) is 5.92 Å². The van der Waals surface area contributed by atoms with Crippen LogP contribution in [0.2, 0.25) is 0 Å². The summed E-state index contributed by atoms with van der Waals surface area (Å²) < 4.78 is 43.6. The van der Waals surface area contributed by atoms with Gasteiger partial charge in [0.05, 0.1) is 0 Å². The maximum atomic E-state index is 13.0. The zero-order valence-corrected chi connectivity index (χ0v) is 18.9. The number of amides is 1. The van der Waals surface area contributed by atoms with Crippen molar-refractivity contribution in [3.05, 3.63) is 47.7 Å². The molecule has 2 N–H and O–H groups in total. The summed E-state index contributed by atoms with van der Waals surface area (Å²) in [6.45, 7) is 2.93. The molecule has 3 aromatic rings. The number of rotatable bonds is 6. The van der Waals surface area contributed by atoms with Crippen molar-refractivity contribution in [3.8, 4) is 23.0 Å². The fraction of sp³-hybridized carbons (Fsp3) is 0.364. The van der Waals surface area contributed by atoms with E-state index in [2.05, 4.69) is 15.5 Å². The number of aromatic amines is 1. The molecule has 5 rings (SSSR count). The van der Waals surface area contributed by atoms with Gasteiger partial charge in [0.15, 0.2) is 17.3 Å². The minimum atomic E-state index is -3.78. The molecule has 2 aliphatic rings. The monoisotopic (exact) mass is 472 g/mol. The number of H-pyrrole nitrogens is 1. The molecule has 11 heteroatoms. The quantitative estimate of drug-likeness (QED) is 0.564. The topological polar surface area (TPSA) is 127 Å². The molecule has 1 saturated heterocycles. The maximum absolute atomic E-state index is 13.0. The average molecular weight is 473 g/mol. The van der Waals surface area contributed by atoms with Gasteiger partial charge in [-0.25, -0.2) is 8.42 Å². The second-order valence-electron chi connectivity index (χ2n) is 8.14. The number of carbonyl (C=O) groups excluding carboxylic acids is 1. The van der Waals surface area contributed by atoms with Gasteiger partial charge in [-0.3, -0.25) is 9.89 Å². The second kappa shape index (κ2) is 8.56. The third kappa shape index (κ3) is 4.33. The number of fused-ring (bicyclic) bond motifs is 1.